The first-order chi connectivity index (χ1) is 13.0. The second-order valence-electron chi connectivity index (χ2n) is 6.45. The summed E-state index contributed by atoms with van der Waals surface area (Å²) in [6.07, 6.45) is -3.25. The van der Waals surface area contributed by atoms with Gasteiger partial charge in [0.15, 0.2) is 5.01 Å². The molecule has 2 N–H and O–H groups in total. The molecule has 0 fully saturated rings. The van der Waals surface area contributed by atoms with E-state index in [1.807, 2.05) is 20.8 Å². The SMILES string of the molecule is CCC(C)(CC)c1nnc(-c2c(C(F)(F)F)cc(OC)c(C(N)=O)c2OC)s1. The molecule has 2 rings (SSSR count). The molecule has 1 aromatic carbocycles. The van der Waals surface area contributed by atoms with Crippen LogP contribution >= 0.6 is 11.3 Å². The Morgan fingerprint density at radius 2 is 1.79 bits per heavy atom. The van der Waals surface area contributed by atoms with Crippen molar-refractivity contribution in [3.05, 3.63) is 22.2 Å². The lowest BCUT2D eigenvalue weighted by Crippen LogP contribution is -2.19. The Morgan fingerprint density at radius 3 is 2.21 bits per heavy atom. The number of halogens is 3. The number of carbonyl (C=O) groups excluding carboxylic acids is 1. The van der Waals surface area contributed by atoms with Crippen molar-refractivity contribution in [3.63, 3.8) is 0 Å². The maximum atomic E-state index is 13.8. The van der Waals surface area contributed by atoms with E-state index in [1.165, 1.54) is 0 Å². The lowest BCUT2D eigenvalue weighted by atomic mass is 9.86. The van der Waals surface area contributed by atoms with Crippen molar-refractivity contribution >= 4 is 17.2 Å². The zero-order chi connectivity index (χ0) is 21.3. The maximum absolute atomic E-state index is 13.8. The summed E-state index contributed by atoms with van der Waals surface area (Å²) in [5.41, 5.74) is 3.37. The van der Waals surface area contributed by atoms with Gasteiger partial charge in [-0.1, -0.05) is 32.1 Å². The van der Waals surface area contributed by atoms with E-state index in [9.17, 15) is 18.0 Å². The Bertz CT molecular complexity index is 877. The van der Waals surface area contributed by atoms with Gasteiger partial charge in [0.2, 0.25) is 0 Å². The fourth-order valence-electron chi connectivity index (χ4n) is 2.79. The van der Waals surface area contributed by atoms with Crippen molar-refractivity contribution in [2.45, 2.75) is 45.2 Å². The topological polar surface area (TPSA) is 87.3 Å². The molecule has 0 saturated heterocycles. The first-order valence-electron chi connectivity index (χ1n) is 8.54. The molecule has 0 aliphatic carbocycles. The van der Waals surface area contributed by atoms with Crippen molar-refractivity contribution in [3.8, 4) is 22.1 Å². The van der Waals surface area contributed by atoms with Gasteiger partial charge in [0.1, 0.15) is 22.1 Å². The van der Waals surface area contributed by atoms with Crippen LogP contribution in [-0.4, -0.2) is 30.3 Å². The van der Waals surface area contributed by atoms with Gasteiger partial charge in [0.05, 0.1) is 25.3 Å². The molecular formula is C18H22F3N3O3S. The second-order valence-corrected chi connectivity index (χ2v) is 7.43. The summed E-state index contributed by atoms with van der Waals surface area (Å²) < 4.78 is 51.5. The van der Waals surface area contributed by atoms with Gasteiger partial charge in [0, 0.05) is 5.41 Å². The van der Waals surface area contributed by atoms with E-state index < -0.39 is 17.6 Å². The average molecular weight is 417 g/mol. The summed E-state index contributed by atoms with van der Waals surface area (Å²) in [6, 6.07) is 0.734. The van der Waals surface area contributed by atoms with E-state index in [0.29, 0.717) is 5.01 Å². The lowest BCUT2D eigenvalue weighted by molar-refractivity contribution is -0.137. The van der Waals surface area contributed by atoms with Crippen molar-refractivity contribution in [2.24, 2.45) is 5.73 Å². The van der Waals surface area contributed by atoms with Crippen molar-refractivity contribution in [1.82, 2.24) is 10.2 Å². The van der Waals surface area contributed by atoms with E-state index in [4.69, 9.17) is 15.2 Å². The molecular weight excluding hydrogens is 395 g/mol. The predicted molar refractivity (Wildman–Crippen MR) is 99.9 cm³/mol. The molecule has 0 atom stereocenters. The van der Waals surface area contributed by atoms with E-state index >= 15 is 0 Å². The zero-order valence-electron chi connectivity index (χ0n) is 16.2. The number of nitrogens with zero attached hydrogens (tertiary/aromatic N) is 2. The average Bonchev–Trinajstić information content (AvgIpc) is 3.14. The fraction of sp³-hybridized carbons (Fsp3) is 0.500. The summed E-state index contributed by atoms with van der Waals surface area (Å²) in [7, 11) is 2.31. The fourth-order valence-corrected chi connectivity index (χ4v) is 3.98. The number of hydrogen-bond donors (Lipinski definition) is 1. The van der Waals surface area contributed by atoms with Gasteiger partial charge in [-0.2, -0.15) is 13.2 Å². The minimum absolute atomic E-state index is 0.00236. The molecule has 0 unspecified atom stereocenters. The second kappa shape index (κ2) is 7.94. The summed E-state index contributed by atoms with van der Waals surface area (Å²) in [5.74, 6) is -1.63. The van der Waals surface area contributed by atoms with Crippen molar-refractivity contribution < 1.29 is 27.4 Å². The monoisotopic (exact) mass is 417 g/mol. The Labute approximate surface area is 164 Å². The third kappa shape index (κ3) is 3.78. The van der Waals surface area contributed by atoms with Crippen LogP contribution in [0.4, 0.5) is 13.2 Å². The first-order valence-corrected chi connectivity index (χ1v) is 9.36. The van der Waals surface area contributed by atoms with Crippen LogP contribution in [0.2, 0.25) is 0 Å². The molecule has 28 heavy (non-hydrogen) atoms. The first kappa shape index (κ1) is 21.9. The van der Waals surface area contributed by atoms with Gasteiger partial charge in [-0.15, -0.1) is 10.2 Å². The Kier molecular flexibility index (Phi) is 6.22. The van der Waals surface area contributed by atoms with Crippen LogP contribution in [0.5, 0.6) is 11.5 Å². The lowest BCUT2D eigenvalue weighted by Gasteiger charge is -2.22. The number of methoxy groups -OCH3 is 2. The summed E-state index contributed by atoms with van der Waals surface area (Å²) in [6.45, 7) is 5.93. The third-order valence-electron chi connectivity index (χ3n) is 4.94. The van der Waals surface area contributed by atoms with Crippen LogP contribution in [0.15, 0.2) is 6.07 Å². The molecule has 0 radical (unpaired) electrons. The summed E-state index contributed by atoms with van der Waals surface area (Å²) in [4.78, 5) is 11.9. The van der Waals surface area contributed by atoms with Gasteiger partial charge >= 0.3 is 6.18 Å². The predicted octanol–water partition coefficient (Wildman–Crippen LogP) is 4.42. The number of rotatable bonds is 7. The van der Waals surface area contributed by atoms with Crippen molar-refractivity contribution in [1.29, 1.82) is 0 Å². The highest BCUT2D eigenvalue weighted by Crippen LogP contribution is 2.48. The number of hydrogen-bond acceptors (Lipinski definition) is 6. The molecule has 10 heteroatoms. The molecule has 6 nitrogen and oxygen atoms in total. The van der Waals surface area contributed by atoms with Gasteiger partial charge in [-0.05, 0) is 18.9 Å². The van der Waals surface area contributed by atoms with Crippen LogP contribution in [0.25, 0.3) is 10.6 Å². The van der Waals surface area contributed by atoms with E-state index in [-0.39, 0.29) is 33.0 Å². The molecule has 0 spiro atoms. The smallest absolute Gasteiger partial charge is 0.417 e. The quantitative estimate of drug-likeness (QED) is 0.721. The van der Waals surface area contributed by atoms with Crippen molar-refractivity contribution in [2.75, 3.05) is 14.2 Å². The minimum atomic E-state index is -4.74. The van der Waals surface area contributed by atoms with Crippen LogP contribution in [0.3, 0.4) is 0 Å². The molecule has 0 aliphatic heterocycles. The maximum Gasteiger partial charge on any atom is 0.417 e. The Balaban J connectivity index is 2.88. The molecule has 1 amide bonds. The van der Waals surface area contributed by atoms with E-state index in [1.54, 1.807) is 0 Å². The number of nitrogens with two attached hydrogens (primary N) is 1. The van der Waals surface area contributed by atoms with E-state index in [0.717, 1.165) is 44.5 Å². The van der Waals surface area contributed by atoms with Crippen LogP contribution in [0, 0.1) is 0 Å². The highest BCUT2D eigenvalue weighted by molar-refractivity contribution is 7.14. The summed E-state index contributed by atoms with van der Waals surface area (Å²) >= 11 is 1.04. The molecule has 0 bridgehead atoms. The molecule has 0 saturated carbocycles. The van der Waals surface area contributed by atoms with Crippen LogP contribution in [-0.2, 0) is 11.6 Å². The van der Waals surface area contributed by atoms with Gasteiger partial charge in [0.25, 0.3) is 5.91 Å². The summed E-state index contributed by atoms with van der Waals surface area (Å²) in [5, 5.41) is 8.71. The molecule has 1 heterocycles. The number of alkyl halides is 3. The number of ether oxygens (including phenoxy) is 2. The Morgan fingerprint density at radius 1 is 1.18 bits per heavy atom. The molecule has 0 aliphatic rings. The highest BCUT2D eigenvalue weighted by Gasteiger charge is 2.40. The number of primary amides is 1. The van der Waals surface area contributed by atoms with Gasteiger partial charge in [-0.25, -0.2) is 0 Å². The normalized spacial score (nSPS) is 12.1. The zero-order valence-corrected chi connectivity index (χ0v) is 17.0. The minimum Gasteiger partial charge on any atom is -0.496 e. The molecule has 2 aromatic rings. The van der Waals surface area contributed by atoms with E-state index in [2.05, 4.69) is 10.2 Å². The number of benzene rings is 1. The standard InChI is InChI=1S/C18H22F3N3O3S/c1-6-17(3,7-2)16-24-23-15(28-16)11-9(18(19,20)21)8-10(26-4)12(14(22)25)13(11)27-5/h8H,6-7H2,1-5H3,(H2,22,25). The highest BCUT2D eigenvalue weighted by atomic mass is 32.1. The molecule has 154 valence electrons. The van der Waals surface area contributed by atoms with Crippen LogP contribution in [0.1, 0.15) is 54.5 Å². The van der Waals surface area contributed by atoms with Gasteiger partial charge in [-0.3, -0.25) is 4.79 Å². The number of aromatic nitrogens is 2. The largest absolute Gasteiger partial charge is 0.496 e. The molecule has 1 aromatic heterocycles. The Hall–Kier alpha value is -2.36. The van der Waals surface area contributed by atoms with Gasteiger partial charge < -0.3 is 15.2 Å². The third-order valence-corrected chi connectivity index (χ3v) is 6.18. The number of amides is 1. The number of carbonyl (C=O) groups is 1. The van der Waals surface area contributed by atoms with Crippen LogP contribution < -0.4 is 15.2 Å².